The van der Waals surface area contributed by atoms with Crippen LogP contribution >= 0.6 is 0 Å². The van der Waals surface area contributed by atoms with Crippen LogP contribution in [-0.4, -0.2) is 11.5 Å². The summed E-state index contributed by atoms with van der Waals surface area (Å²) in [5.74, 6) is 0.985. The predicted octanol–water partition coefficient (Wildman–Crippen LogP) is 2.57. The van der Waals surface area contributed by atoms with E-state index in [4.69, 9.17) is 4.42 Å². The largest absolute Gasteiger partial charge is 0.468 e. The van der Waals surface area contributed by atoms with Crippen LogP contribution in [0.2, 0.25) is 0 Å². The Hall–Kier alpha value is -1.61. The number of furan rings is 1. The van der Waals surface area contributed by atoms with E-state index in [1.54, 1.807) is 6.26 Å². The molecule has 3 heteroatoms. The Bertz CT molecular complexity index is 397. The standard InChI is InChI=1S/C13H16N2O/c1-2-15-12(13-4-3-9-16-13)10-11-5-7-14-8-6-11/h3-9,12,15H,2,10H2,1H3. The van der Waals surface area contributed by atoms with Crippen molar-refractivity contribution in [2.45, 2.75) is 19.4 Å². The fourth-order valence-electron chi connectivity index (χ4n) is 1.76. The zero-order chi connectivity index (χ0) is 11.2. The monoisotopic (exact) mass is 216 g/mol. The lowest BCUT2D eigenvalue weighted by molar-refractivity contribution is 0.416. The molecule has 0 saturated heterocycles. The average molecular weight is 216 g/mol. The van der Waals surface area contributed by atoms with Gasteiger partial charge in [0, 0.05) is 12.4 Å². The van der Waals surface area contributed by atoms with Crippen molar-refractivity contribution in [1.29, 1.82) is 0 Å². The highest BCUT2D eigenvalue weighted by Crippen LogP contribution is 2.18. The molecule has 0 saturated carbocycles. The molecule has 2 aromatic heterocycles. The summed E-state index contributed by atoms with van der Waals surface area (Å²) in [6, 6.07) is 8.24. The number of hydrogen-bond acceptors (Lipinski definition) is 3. The van der Waals surface area contributed by atoms with Crippen molar-refractivity contribution in [3.05, 3.63) is 54.2 Å². The van der Waals surface area contributed by atoms with Gasteiger partial charge in [0.15, 0.2) is 0 Å². The Labute approximate surface area is 95.5 Å². The molecule has 0 amide bonds. The highest BCUT2D eigenvalue weighted by atomic mass is 16.3. The van der Waals surface area contributed by atoms with Crippen molar-refractivity contribution in [3.8, 4) is 0 Å². The van der Waals surface area contributed by atoms with Crippen molar-refractivity contribution in [2.24, 2.45) is 0 Å². The molecule has 0 fully saturated rings. The smallest absolute Gasteiger partial charge is 0.121 e. The van der Waals surface area contributed by atoms with Crippen LogP contribution in [0.1, 0.15) is 24.3 Å². The molecule has 1 unspecified atom stereocenters. The molecule has 16 heavy (non-hydrogen) atoms. The van der Waals surface area contributed by atoms with Gasteiger partial charge in [-0.3, -0.25) is 4.98 Å². The summed E-state index contributed by atoms with van der Waals surface area (Å²) in [4.78, 5) is 4.02. The van der Waals surface area contributed by atoms with Gasteiger partial charge in [0.2, 0.25) is 0 Å². The minimum Gasteiger partial charge on any atom is -0.468 e. The van der Waals surface area contributed by atoms with E-state index in [-0.39, 0.29) is 6.04 Å². The van der Waals surface area contributed by atoms with Gasteiger partial charge in [-0.25, -0.2) is 0 Å². The fourth-order valence-corrected chi connectivity index (χ4v) is 1.76. The zero-order valence-corrected chi connectivity index (χ0v) is 9.39. The van der Waals surface area contributed by atoms with Crippen molar-refractivity contribution < 1.29 is 4.42 Å². The maximum atomic E-state index is 5.44. The molecule has 1 atom stereocenters. The van der Waals surface area contributed by atoms with Gasteiger partial charge in [0.1, 0.15) is 5.76 Å². The molecule has 0 aliphatic heterocycles. The summed E-state index contributed by atoms with van der Waals surface area (Å²) < 4.78 is 5.44. The van der Waals surface area contributed by atoms with E-state index in [1.807, 2.05) is 36.7 Å². The number of nitrogens with zero attached hydrogens (tertiary/aromatic N) is 1. The van der Waals surface area contributed by atoms with Gasteiger partial charge in [-0.1, -0.05) is 6.92 Å². The molecular weight excluding hydrogens is 200 g/mol. The quantitative estimate of drug-likeness (QED) is 0.834. The third kappa shape index (κ3) is 2.70. The molecule has 3 nitrogen and oxygen atoms in total. The minimum atomic E-state index is 0.238. The van der Waals surface area contributed by atoms with E-state index in [0.29, 0.717) is 0 Å². The molecule has 2 aromatic rings. The summed E-state index contributed by atoms with van der Waals surface area (Å²) >= 11 is 0. The molecule has 0 spiro atoms. The predicted molar refractivity (Wildman–Crippen MR) is 63.1 cm³/mol. The number of rotatable bonds is 5. The summed E-state index contributed by atoms with van der Waals surface area (Å²) in [6.07, 6.45) is 6.27. The normalized spacial score (nSPS) is 12.6. The van der Waals surface area contributed by atoms with Crippen LogP contribution in [0.25, 0.3) is 0 Å². The van der Waals surface area contributed by atoms with Gasteiger partial charge in [-0.05, 0) is 42.8 Å². The van der Waals surface area contributed by atoms with Gasteiger partial charge >= 0.3 is 0 Å². The van der Waals surface area contributed by atoms with Crippen molar-refractivity contribution in [3.63, 3.8) is 0 Å². The zero-order valence-electron chi connectivity index (χ0n) is 9.39. The summed E-state index contributed by atoms with van der Waals surface area (Å²) in [7, 11) is 0. The van der Waals surface area contributed by atoms with Crippen molar-refractivity contribution in [1.82, 2.24) is 10.3 Å². The molecule has 0 radical (unpaired) electrons. The second-order valence-electron chi connectivity index (χ2n) is 3.69. The van der Waals surface area contributed by atoms with Crippen LogP contribution in [0.3, 0.4) is 0 Å². The van der Waals surface area contributed by atoms with E-state index < -0.39 is 0 Å². The SMILES string of the molecule is CCNC(Cc1ccncc1)c1ccco1. The average Bonchev–Trinajstić information content (AvgIpc) is 2.83. The summed E-state index contributed by atoms with van der Waals surface area (Å²) in [6.45, 7) is 3.03. The van der Waals surface area contributed by atoms with E-state index in [2.05, 4.69) is 17.2 Å². The molecule has 2 rings (SSSR count). The second-order valence-corrected chi connectivity index (χ2v) is 3.69. The highest BCUT2D eigenvalue weighted by Gasteiger charge is 2.13. The van der Waals surface area contributed by atoms with Gasteiger partial charge in [-0.15, -0.1) is 0 Å². The summed E-state index contributed by atoms with van der Waals surface area (Å²) in [5, 5.41) is 3.42. The number of likely N-dealkylation sites (N-methyl/N-ethyl adjacent to an activating group) is 1. The first-order chi connectivity index (χ1) is 7.90. The van der Waals surface area contributed by atoms with Gasteiger partial charge in [-0.2, -0.15) is 0 Å². The molecular formula is C13H16N2O. The third-order valence-corrected chi connectivity index (χ3v) is 2.53. The summed E-state index contributed by atoms with van der Waals surface area (Å²) in [5.41, 5.74) is 1.26. The lowest BCUT2D eigenvalue weighted by atomic mass is 10.1. The fraction of sp³-hybridized carbons (Fsp3) is 0.308. The Morgan fingerprint density at radius 2 is 2.12 bits per heavy atom. The Morgan fingerprint density at radius 3 is 2.75 bits per heavy atom. The van der Waals surface area contributed by atoms with Crippen LogP contribution < -0.4 is 5.32 Å². The number of nitrogens with one attached hydrogen (secondary N) is 1. The van der Waals surface area contributed by atoms with Crippen LogP contribution in [0.4, 0.5) is 0 Å². The van der Waals surface area contributed by atoms with Crippen molar-refractivity contribution >= 4 is 0 Å². The van der Waals surface area contributed by atoms with Crippen molar-refractivity contribution in [2.75, 3.05) is 6.54 Å². The van der Waals surface area contributed by atoms with Crippen LogP contribution in [0, 0.1) is 0 Å². The second kappa shape index (κ2) is 5.47. The molecule has 0 aromatic carbocycles. The topological polar surface area (TPSA) is 38.1 Å². The number of hydrogen-bond donors (Lipinski definition) is 1. The first kappa shape index (κ1) is 10.9. The Balaban J connectivity index is 2.09. The maximum Gasteiger partial charge on any atom is 0.121 e. The van der Waals surface area contributed by atoms with E-state index in [0.717, 1.165) is 18.7 Å². The lowest BCUT2D eigenvalue weighted by Gasteiger charge is -2.15. The van der Waals surface area contributed by atoms with Gasteiger partial charge in [0.05, 0.1) is 12.3 Å². The molecule has 0 aliphatic rings. The molecule has 1 N–H and O–H groups in total. The molecule has 2 heterocycles. The Morgan fingerprint density at radius 1 is 1.31 bits per heavy atom. The molecule has 0 aliphatic carbocycles. The molecule has 0 bridgehead atoms. The van der Waals surface area contributed by atoms with Crippen LogP contribution in [0.15, 0.2) is 47.3 Å². The third-order valence-electron chi connectivity index (χ3n) is 2.53. The number of pyridine rings is 1. The lowest BCUT2D eigenvalue weighted by Crippen LogP contribution is -2.22. The maximum absolute atomic E-state index is 5.44. The molecule has 84 valence electrons. The first-order valence-corrected chi connectivity index (χ1v) is 5.56. The minimum absolute atomic E-state index is 0.238. The first-order valence-electron chi connectivity index (χ1n) is 5.56. The van der Waals surface area contributed by atoms with Crippen LogP contribution in [0.5, 0.6) is 0 Å². The van der Waals surface area contributed by atoms with Gasteiger partial charge < -0.3 is 9.73 Å². The van der Waals surface area contributed by atoms with E-state index in [1.165, 1.54) is 5.56 Å². The Kier molecular flexibility index (Phi) is 3.72. The van der Waals surface area contributed by atoms with E-state index >= 15 is 0 Å². The number of aromatic nitrogens is 1. The van der Waals surface area contributed by atoms with Gasteiger partial charge in [0.25, 0.3) is 0 Å². The van der Waals surface area contributed by atoms with E-state index in [9.17, 15) is 0 Å². The highest BCUT2D eigenvalue weighted by molar-refractivity contribution is 5.15. The van der Waals surface area contributed by atoms with Crippen LogP contribution in [-0.2, 0) is 6.42 Å².